The molecule has 36 heavy (non-hydrogen) atoms. The van der Waals surface area contributed by atoms with Gasteiger partial charge in [0.25, 0.3) is 0 Å². The molecule has 0 aliphatic carbocycles. The summed E-state index contributed by atoms with van der Waals surface area (Å²) in [6.07, 6.45) is 0.558. The lowest BCUT2D eigenvalue weighted by Crippen LogP contribution is -2.58. The lowest BCUT2D eigenvalue weighted by molar-refractivity contribution is -0.142. The Morgan fingerprint density at radius 1 is 0.833 bits per heavy atom. The van der Waals surface area contributed by atoms with Crippen molar-refractivity contribution in [2.45, 2.75) is 84.0 Å². The first kappa shape index (κ1) is 32.6. The van der Waals surface area contributed by atoms with Gasteiger partial charge in [0, 0.05) is 13.0 Å². The lowest BCUT2D eigenvalue weighted by atomic mass is 9.99. The summed E-state index contributed by atoms with van der Waals surface area (Å²) in [7, 11) is 0. The summed E-state index contributed by atoms with van der Waals surface area (Å²) in [5.41, 5.74) is 21.4. The number of aliphatic imine (C=N–C) groups is 1. The van der Waals surface area contributed by atoms with Gasteiger partial charge in [-0.1, -0.05) is 27.7 Å². The average molecular weight is 515 g/mol. The van der Waals surface area contributed by atoms with E-state index in [1.165, 1.54) is 0 Å². The van der Waals surface area contributed by atoms with Crippen LogP contribution in [0.15, 0.2) is 4.99 Å². The highest BCUT2D eigenvalue weighted by atomic mass is 16.4. The first-order chi connectivity index (χ1) is 16.6. The predicted molar refractivity (Wildman–Crippen MR) is 134 cm³/mol. The number of nitrogens with zero attached hydrogens (tertiary/aromatic N) is 1. The Balaban J connectivity index is 5.38. The Labute approximate surface area is 211 Å². The van der Waals surface area contributed by atoms with E-state index in [2.05, 4.69) is 20.9 Å². The van der Waals surface area contributed by atoms with Gasteiger partial charge in [-0.15, -0.1) is 0 Å². The summed E-state index contributed by atoms with van der Waals surface area (Å²) in [6.45, 7) is 7.29. The number of carboxylic acid groups (broad SMARTS) is 1. The SMILES string of the molecule is CC(C)CC(NC(=O)C(NC(=O)C(N)CCC(N)=O)C(C)C)C(=O)NC(CCCN=C(N)N)C(=O)O. The van der Waals surface area contributed by atoms with Crippen LogP contribution in [-0.2, 0) is 24.0 Å². The maximum atomic E-state index is 13.0. The number of carboxylic acids is 1. The molecule has 14 heteroatoms. The molecule has 0 saturated heterocycles. The highest BCUT2D eigenvalue weighted by molar-refractivity contribution is 5.94. The third kappa shape index (κ3) is 13.5. The molecular formula is C22H42N8O6. The first-order valence-electron chi connectivity index (χ1n) is 11.9. The standard InChI is InChI=1S/C22H42N8O6/c1-11(2)10-15(19(33)28-14(21(35)36)6-5-9-27-22(25)26)29-20(34)17(12(3)4)30-18(32)13(23)7-8-16(24)31/h11-15,17H,5-10,23H2,1-4H3,(H2,24,31)(H,28,33)(H,29,34)(H,30,32)(H,35,36)(H4,25,26,27). The maximum Gasteiger partial charge on any atom is 0.326 e. The van der Waals surface area contributed by atoms with Crippen LogP contribution in [0.1, 0.15) is 59.8 Å². The number of hydrogen-bond acceptors (Lipinski definition) is 7. The normalized spacial score (nSPS) is 14.3. The van der Waals surface area contributed by atoms with Gasteiger partial charge in [-0.25, -0.2) is 4.79 Å². The van der Waals surface area contributed by atoms with Crippen molar-refractivity contribution in [1.29, 1.82) is 0 Å². The lowest BCUT2D eigenvalue weighted by Gasteiger charge is -2.27. The molecule has 0 rings (SSSR count). The van der Waals surface area contributed by atoms with E-state index in [1.54, 1.807) is 13.8 Å². The van der Waals surface area contributed by atoms with Gasteiger partial charge in [0.05, 0.1) is 6.04 Å². The van der Waals surface area contributed by atoms with Gasteiger partial charge in [0.2, 0.25) is 23.6 Å². The molecule has 4 unspecified atom stereocenters. The van der Waals surface area contributed by atoms with Crippen molar-refractivity contribution in [3.63, 3.8) is 0 Å². The molecule has 4 atom stereocenters. The van der Waals surface area contributed by atoms with Crippen molar-refractivity contribution in [3.8, 4) is 0 Å². The number of hydrogen-bond donors (Lipinski definition) is 8. The fourth-order valence-corrected chi connectivity index (χ4v) is 3.22. The number of carbonyl (C=O) groups excluding carboxylic acids is 4. The summed E-state index contributed by atoms with van der Waals surface area (Å²) >= 11 is 0. The topological polar surface area (TPSA) is 258 Å². The fraction of sp³-hybridized carbons (Fsp3) is 0.727. The van der Waals surface area contributed by atoms with Gasteiger partial charge in [0.15, 0.2) is 5.96 Å². The molecule has 0 bridgehead atoms. The largest absolute Gasteiger partial charge is 0.480 e. The maximum absolute atomic E-state index is 13.0. The first-order valence-corrected chi connectivity index (χ1v) is 11.9. The molecular weight excluding hydrogens is 472 g/mol. The van der Waals surface area contributed by atoms with Crippen LogP contribution in [0.25, 0.3) is 0 Å². The Bertz CT molecular complexity index is 797. The van der Waals surface area contributed by atoms with Crippen LogP contribution in [0.2, 0.25) is 0 Å². The predicted octanol–water partition coefficient (Wildman–Crippen LogP) is -2.13. The molecule has 0 aliphatic rings. The molecule has 0 fully saturated rings. The molecule has 0 radical (unpaired) electrons. The van der Waals surface area contributed by atoms with E-state index < -0.39 is 53.8 Å². The zero-order chi connectivity index (χ0) is 28.0. The molecule has 4 amide bonds. The zero-order valence-electron chi connectivity index (χ0n) is 21.5. The van der Waals surface area contributed by atoms with Crippen LogP contribution in [0.5, 0.6) is 0 Å². The molecule has 14 nitrogen and oxygen atoms in total. The van der Waals surface area contributed by atoms with Gasteiger partial charge in [-0.3, -0.25) is 24.2 Å². The van der Waals surface area contributed by atoms with E-state index in [9.17, 15) is 29.1 Å². The monoisotopic (exact) mass is 514 g/mol. The number of carbonyl (C=O) groups is 5. The molecule has 0 heterocycles. The second-order valence-corrected chi connectivity index (χ2v) is 9.38. The smallest absolute Gasteiger partial charge is 0.326 e. The van der Waals surface area contributed by atoms with Gasteiger partial charge >= 0.3 is 5.97 Å². The highest BCUT2D eigenvalue weighted by Crippen LogP contribution is 2.10. The van der Waals surface area contributed by atoms with Gasteiger partial charge in [0.1, 0.15) is 18.1 Å². The summed E-state index contributed by atoms with van der Waals surface area (Å²) in [5, 5.41) is 17.1. The van der Waals surface area contributed by atoms with Gasteiger partial charge in [-0.2, -0.15) is 0 Å². The van der Waals surface area contributed by atoms with E-state index in [-0.39, 0.29) is 50.0 Å². The van der Waals surface area contributed by atoms with Crippen LogP contribution in [0.4, 0.5) is 0 Å². The Morgan fingerprint density at radius 2 is 1.42 bits per heavy atom. The summed E-state index contributed by atoms with van der Waals surface area (Å²) in [4.78, 5) is 64.7. The fourth-order valence-electron chi connectivity index (χ4n) is 3.22. The molecule has 0 saturated carbocycles. The number of primary amides is 1. The van der Waals surface area contributed by atoms with Gasteiger partial charge in [-0.05, 0) is 37.5 Å². The van der Waals surface area contributed by atoms with Crippen LogP contribution in [0.3, 0.4) is 0 Å². The molecule has 0 spiro atoms. The molecule has 12 N–H and O–H groups in total. The van der Waals surface area contributed by atoms with Crippen molar-refractivity contribution in [3.05, 3.63) is 0 Å². The number of aliphatic carboxylic acids is 1. The van der Waals surface area contributed by atoms with Crippen molar-refractivity contribution in [2.24, 2.45) is 39.8 Å². The second kappa shape index (κ2) is 16.3. The number of guanidine groups is 1. The van der Waals surface area contributed by atoms with Crippen molar-refractivity contribution in [1.82, 2.24) is 16.0 Å². The third-order valence-electron chi connectivity index (χ3n) is 5.19. The average Bonchev–Trinajstić information content (AvgIpc) is 2.75. The van der Waals surface area contributed by atoms with E-state index in [1.807, 2.05) is 13.8 Å². The minimum Gasteiger partial charge on any atom is -0.480 e. The number of nitrogens with two attached hydrogens (primary N) is 4. The van der Waals surface area contributed by atoms with Gasteiger partial charge < -0.3 is 44.0 Å². The van der Waals surface area contributed by atoms with Crippen LogP contribution in [0, 0.1) is 11.8 Å². The number of rotatable bonds is 17. The Kier molecular flexibility index (Phi) is 14.7. The summed E-state index contributed by atoms with van der Waals surface area (Å²) in [6, 6.07) is -4.31. The zero-order valence-corrected chi connectivity index (χ0v) is 21.5. The molecule has 206 valence electrons. The highest BCUT2D eigenvalue weighted by Gasteiger charge is 2.32. The molecule has 0 aliphatic heterocycles. The number of amides is 4. The summed E-state index contributed by atoms with van der Waals surface area (Å²) < 4.78 is 0. The molecule has 0 aromatic carbocycles. The van der Waals surface area contributed by atoms with E-state index in [4.69, 9.17) is 22.9 Å². The van der Waals surface area contributed by atoms with Crippen molar-refractivity contribution in [2.75, 3.05) is 6.54 Å². The van der Waals surface area contributed by atoms with E-state index in [0.29, 0.717) is 6.42 Å². The van der Waals surface area contributed by atoms with Crippen LogP contribution < -0.4 is 38.9 Å². The molecule has 0 aromatic heterocycles. The second-order valence-electron chi connectivity index (χ2n) is 9.38. The molecule has 0 aromatic rings. The minimum atomic E-state index is -1.24. The minimum absolute atomic E-state index is 0.0134. The van der Waals surface area contributed by atoms with Crippen LogP contribution >= 0.6 is 0 Å². The third-order valence-corrected chi connectivity index (χ3v) is 5.19. The van der Waals surface area contributed by atoms with E-state index >= 15 is 0 Å². The van der Waals surface area contributed by atoms with Crippen molar-refractivity contribution < 1.29 is 29.1 Å². The van der Waals surface area contributed by atoms with Crippen LogP contribution in [-0.4, -0.2) is 71.4 Å². The quantitative estimate of drug-likeness (QED) is 0.0598. The summed E-state index contributed by atoms with van der Waals surface area (Å²) in [5.74, 6) is -4.26. The Morgan fingerprint density at radius 3 is 1.89 bits per heavy atom. The van der Waals surface area contributed by atoms with Crippen molar-refractivity contribution >= 4 is 35.6 Å². The number of nitrogens with one attached hydrogen (secondary N) is 3. The van der Waals surface area contributed by atoms with E-state index in [0.717, 1.165) is 0 Å². The Hall–Kier alpha value is -3.42.